The molecule has 3 aromatic rings. The van der Waals surface area contributed by atoms with Crippen LogP contribution in [0.15, 0.2) is 65.8 Å². The van der Waals surface area contributed by atoms with E-state index in [1.54, 1.807) is 18.2 Å². The van der Waals surface area contributed by atoms with Crippen LogP contribution in [0.25, 0.3) is 11.3 Å². The summed E-state index contributed by atoms with van der Waals surface area (Å²) in [6.45, 7) is 6.40. The van der Waals surface area contributed by atoms with Crippen LogP contribution < -0.4 is 11.5 Å². The van der Waals surface area contributed by atoms with E-state index < -0.39 is 17.3 Å². The third-order valence-corrected chi connectivity index (χ3v) is 5.85. The van der Waals surface area contributed by atoms with Gasteiger partial charge in [-0.05, 0) is 34.7 Å². The first-order valence-corrected chi connectivity index (χ1v) is 10.3. The largest absolute Gasteiger partial charge is 0.418 e. The van der Waals surface area contributed by atoms with Crippen molar-refractivity contribution in [3.05, 3.63) is 83.0 Å². The SMILES string of the molecule is CC(C)(C)c1ccc(C2(N)CC(N)=Nc3cc(-c4ncccc4C(F)(F)F)ccc32)cc1. The van der Waals surface area contributed by atoms with Gasteiger partial charge >= 0.3 is 6.18 Å². The molecule has 0 amide bonds. The minimum absolute atomic E-state index is 0.000967. The Morgan fingerprint density at radius 1 is 0.969 bits per heavy atom. The van der Waals surface area contributed by atoms with E-state index in [1.807, 2.05) is 24.3 Å². The molecular formula is C25H25F3N4. The van der Waals surface area contributed by atoms with E-state index in [0.29, 0.717) is 29.1 Å². The maximum Gasteiger partial charge on any atom is 0.418 e. The second-order valence-electron chi connectivity index (χ2n) is 9.21. The van der Waals surface area contributed by atoms with Crippen molar-refractivity contribution in [1.29, 1.82) is 0 Å². The number of benzene rings is 2. The van der Waals surface area contributed by atoms with Gasteiger partial charge in [-0.15, -0.1) is 0 Å². The van der Waals surface area contributed by atoms with E-state index in [1.165, 1.54) is 17.8 Å². The quantitative estimate of drug-likeness (QED) is 0.542. The van der Waals surface area contributed by atoms with Crippen molar-refractivity contribution in [3.8, 4) is 11.3 Å². The molecule has 1 aliphatic heterocycles. The molecule has 4 nitrogen and oxygen atoms in total. The lowest BCUT2D eigenvalue weighted by molar-refractivity contribution is -0.137. The lowest BCUT2D eigenvalue weighted by Crippen LogP contribution is -2.43. The number of nitrogens with two attached hydrogens (primary N) is 2. The van der Waals surface area contributed by atoms with Crippen LogP contribution in [0, 0.1) is 0 Å². The van der Waals surface area contributed by atoms with Crippen LogP contribution in [0.1, 0.15) is 49.4 Å². The van der Waals surface area contributed by atoms with Crippen molar-refractivity contribution in [2.45, 2.75) is 44.3 Å². The second kappa shape index (κ2) is 7.45. The highest BCUT2D eigenvalue weighted by Crippen LogP contribution is 2.43. The highest BCUT2D eigenvalue weighted by Gasteiger charge is 2.38. The van der Waals surface area contributed by atoms with Crippen molar-refractivity contribution in [3.63, 3.8) is 0 Å². The Balaban J connectivity index is 1.82. The summed E-state index contributed by atoms with van der Waals surface area (Å²) in [6.07, 6.45) is -2.87. The number of aromatic nitrogens is 1. The number of alkyl halides is 3. The second-order valence-corrected chi connectivity index (χ2v) is 9.21. The number of aliphatic imine (C=N–C) groups is 1. The molecule has 166 valence electrons. The molecule has 2 aromatic carbocycles. The summed E-state index contributed by atoms with van der Waals surface area (Å²) in [4.78, 5) is 8.39. The summed E-state index contributed by atoms with van der Waals surface area (Å²) in [5.74, 6) is 0.328. The monoisotopic (exact) mass is 438 g/mol. The molecule has 0 spiro atoms. The van der Waals surface area contributed by atoms with E-state index in [9.17, 15) is 13.2 Å². The molecule has 4 N–H and O–H groups in total. The minimum Gasteiger partial charge on any atom is -0.387 e. The Kier molecular flexibility index (Phi) is 5.12. The lowest BCUT2D eigenvalue weighted by atomic mass is 9.76. The smallest absolute Gasteiger partial charge is 0.387 e. The average Bonchev–Trinajstić information content (AvgIpc) is 2.72. The van der Waals surface area contributed by atoms with Gasteiger partial charge in [-0.3, -0.25) is 4.98 Å². The zero-order valence-corrected chi connectivity index (χ0v) is 18.2. The standard InChI is InChI=1S/C25H25F3N4/c1-23(2,3)16-7-9-17(10-8-16)24(30)14-21(29)32-20-13-15(6-11-18(20)24)22-19(25(26,27)28)5-4-12-31-22/h4-13H,14,30H2,1-3H3,(H2,29,32). The molecule has 7 heteroatoms. The van der Waals surface area contributed by atoms with Crippen molar-refractivity contribution >= 4 is 11.5 Å². The Morgan fingerprint density at radius 3 is 2.28 bits per heavy atom. The number of rotatable bonds is 2. The summed E-state index contributed by atoms with van der Waals surface area (Å²) in [5, 5.41) is 0. The number of halogens is 3. The number of hydrogen-bond donors (Lipinski definition) is 2. The van der Waals surface area contributed by atoms with Gasteiger partial charge < -0.3 is 11.5 Å². The van der Waals surface area contributed by atoms with Gasteiger partial charge in [0.25, 0.3) is 0 Å². The van der Waals surface area contributed by atoms with E-state index in [0.717, 1.165) is 11.6 Å². The van der Waals surface area contributed by atoms with Gasteiger partial charge in [0.05, 0.1) is 22.5 Å². The molecule has 32 heavy (non-hydrogen) atoms. The number of amidine groups is 1. The lowest BCUT2D eigenvalue weighted by Gasteiger charge is -2.35. The maximum absolute atomic E-state index is 13.5. The molecule has 1 aliphatic rings. The fourth-order valence-corrected chi connectivity index (χ4v) is 4.11. The van der Waals surface area contributed by atoms with Gasteiger partial charge in [-0.2, -0.15) is 13.2 Å². The molecule has 4 rings (SSSR count). The van der Waals surface area contributed by atoms with Gasteiger partial charge in [0, 0.05) is 23.7 Å². The number of nitrogens with zero attached hydrogens (tertiary/aromatic N) is 2. The van der Waals surface area contributed by atoms with Crippen molar-refractivity contribution in [2.24, 2.45) is 16.5 Å². The highest BCUT2D eigenvalue weighted by atomic mass is 19.4. The van der Waals surface area contributed by atoms with E-state index in [-0.39, 0.29) is 11.1 Å². The fraction of sp³-hybridized carbons (Fsp3) is 0.280. The summed E-state index contributed by atoms with van der Waals surface area (Å²) in [7, 11) is 0. The van der Waals surface area contributed by atoms with Crippen LogP contribution in [0.2, 0.25) is 0 Å². The average molecular weight is 438 g/mol. The predicted octanol–water partition coefficient (Wildman–Crippen LogP) is 5.66. The first kappa shape index (κ1) is 22.0. The Morgan fingerprint density at radius 2 is 1.66 bits per heavy atom. The molecule has 0 aliphatic carbocycles. The third-order valence-electron chi connectivity index (χ3n) is 5.85. The zero-order valence-electron chi connectivity index (χ0n) is 18.2. The summed E-state index contributed by atoms with van der Waals surface area (Å²) < 4.78 is 40.5. The van der Waals surface area contributed by atoms with Crippen molar-refractivity contribution in [1.82, 2.24) is 4.98 Å². The van der Waals surface area contributed by atoms with E-state index in [4.69, 9.17) is 11.5 Å². The van der Waals surface area contributed by atoms with Gasteiger partial charge in [0.1, 0.15) is 5.84 Å². The molecule has 0 fully saturated rings. The zero-order chi connectivity index (χ0) is 23.3. The topological polar surface area (TPSA) is 77.3 Å². The molecular weight excluding hydrogens is 413 g/mol. The third kappa shape index (κ3) is 3.88. The molecule has 0 bridgehead atoms. The first-order chi connectivity index (χ1) is 14.9. The van der Waals surface area contributed by atoms with Gasteiger partial charge in [-0.25, -0.2) is 4.99 Å². The Hall–Kier alpha value is -3.19. The van der Waals surface area contributed by atoms with E-state index >= 15 is 0 Å². The maximum atomic E-state index is 13.5. The summed E-state index contributed by atoms with van der Waals surface area (Å²) in [6, 6.07) is 15.3. The minimum atomic E-state index is -4.52. The summed E-state index contributed by atoms with van der Waals surface area (Å²) >= 11 is 0. The molecule has 0 saturated carbocycles. The van der Waals surface area contributed by atoms with Crippen molar-refractivity contribution < 1.29 is 13.2 Å². The first-order valence-electron chi connectivity index (χ1n) is 10.3. The van der Waals surface area contributed by atoms with Gasteiger partial charge in [0.2, 0.25) is 0 Å². The molecule has 0 radical (unpaired) electrons. The Labute approximate surface area is 185 Å². The molecule has 0 saturated heterocycles. The van der Waals surface area contributed by atoms with Crippen molar-refractivity contribution in [2.75, 3.05) is 0 Å². The molecule has 1 aromatic heterocycles. The predicted molar refractivity (Wildman–Crippen MR) is 121 cm³/mol. The molecule has 2 heterocycles. The van der Waals surface area contributed by atoms with Gasteiger partial charge in [0.15, 0.2) is 0 Å². The Bertz CT molecular complexity index is 1190. The van der Waals surface area contributed by atoms with Crippen LogP contribution in [-0.2, 0) is 17.1 Å². The fourth-order valence-electron chi connectivity index (χ4n) is 4.11. The summed E-state index contributed by atoms with van der Waals surface area (Å²) in [5.41, 5.74) is 14.6. The number of pyridine rings is 1. The molecule has 1 atom stereocenters. The molecule has 1 unspecified atom stereocenters. The van der Waals surface area contributed by atoms with Crippen LogP contribution in [0.5, 0.6) is 0 Å². The highest BCUT2D eigenvalue weighted by molar-refractivity contribution is 5.89. The van der Waals surface area contributed by atoms with Crippen LogP contribution in [0.4, 0.5) is 18.9 Å². The van der Waals surface area contributed by atoms with E-state index in [2.05, 4.69) is 30.7 Å². The number of hydrogen-bond acceptors (Lipinski definition) is 4. The normalized spacial score (nSPS) is 18.8. The van der Waals surface area contributed by atoms with Gasteiger partial charge in [-0.1, -0.05) is 57.2 Å². The van der Waals surface area contributed by atoms with Crippen LogP contribution >= 0.6 is 0 Å². The van der Waals surface area contributed by atoms with Crippen LogP contribution in [0.3, 0.4) is 0 Å². The number of fused-ring (bicyclic) bond motifs is 1. The van der Waals surface area contributed by atoms with Crippen LogP contribution in [-0.4, -0.2) is 10.8 Å².